The Bertz CT molecular complexity index is 378. The second-order valence-corrected chi connectivity index (χ2v) is 7.51. The third-order valence-corrected chi connectivity index (χ3v) is 5.78. The number of hydrogen-bond donors (Lipinski definition) is 2. The lowest BCUT2D eigenvalue weighted by atomic mass is 9.79. The molecular weight excluding hydrogens is 240 g/mol. The predicted molar refractivity (Wildman–Crippen MR) is 66.9 cm³/mol. The summed E-state index contributed by atoms with van der Waals surface area (Å²) in [4.78, 5) is 10.8. The molecule has 3 unspecified atom stereocenters. The largest absolute Gasteiger partial charge is 0.369 e. The van der Waals surface area contributed by atoms with Crippen molar-refractivity contribution in [2.45, 2.75) is 44.4 Å². The first-order chi connectivity index (χ1) is 7.74. The van der Waals surface area contributed by atoms with Crippen molar-refractivity contribution in [3.63, 3.8) is 0 Å². The number of primary amides is 1. The zero-order chi connectivity index (χ0) is 13.2. The minimum absolute atomic E-state index is 0.363. The van der Waals surface area contributed by atoms with Gasteiger partial charge in [-0.25, -0.2) is 8.42 Å². The van der Waals surface area contributed by atoms with E-state index < -0.39 is 26.7 Å². The second kappa shape index (κ2) is 5.35. The van der Waals surface area contributed by atoms with Crippen molar-refractivity contribution in [1.29, 1.82) is 0 Å². The molecule has 1 rings (SSSR count). The maximum atomic E-state index is 12.0. The minimum Gasteiger partial charge on any atom is -0.369 e. The summed E-state index contributed by atoms with van der Waals surface area (Å²) >= 11 is 0. The van der Waals surface area contributed by atoms with Gasteiger partial charge in [0.05, 0.1) is 5.25 Å². The van der Waals surface area contributed by atoms with Crippen molar-refractivity contribution >= 4 is 15.7 Å². The van der Waals surface area contributed by atoms with Crippen LogP contribution < -0.4 is 11.5 Å². The molecule has 0 aromatic heterocycles. The molecule has 0 aliphatic heterocycles. The standard InChI is InChI=1S/C11H22N2O3S/c1-7(2)8-3-4-9(12)10(5-8)17(15,16)6-11(13)14/h7-10H,3-6,12H2,1-2H3,(H2,13,14). The van der Waals surface area contributed by atoms with Crippen molar-refractivity contribution in [3.05, 3.63) is 0 Å². The molecular formula is C11H22N2O3S. The van der Waals surface area contributed by atoms with Crippen LogP contribution in [0.5, 0.6) is 0 Å². The lowest BCUT2D eigenvalue weighted by molar-refractivity contribution is -0.115. The van der Waals surface area contributed by atoms with E-state index in [1.54, 1.807) is 0 Å². The predicted octanol–water partition coefficient (Wildman–Crippen LogP) is 0.0385. The van der Waals surface area contributed by atoms with E-state index in [9.17, 15) is 13.2 Å². The Labute approximate surface area is 103 Å². The van der Waals surface area contributed by atoms with Gasteiger partial charge in [0.2, 0.25) is 5.91 Å². The molecule has 0 bridgehead atoms. The van der Waals surface area contributed by atoms with Gasteiger partial charge in [-0.1, -0.05) is 13.8 Å². The number of hydrogen-bond acceptors (Lipinski definition) is 4. The highest BCUT2D eigenvalue weighted by Gasteiger charge is 2.38. The molecule has 17 heavy (non-hydrogen) atoms. The molecule has 0 radical (unpaired) electrons. The normalized spacial score (nSPS) is 30.5. The van der Waals surface area contributed by atoms with Crippen LogP contribution in [0.2, 0.25) is 0 Å². The Morgan fingerprint density at radius 3 is 2.41 bits per heavy atom. The monoisotopic (exact) mass is 262 g/mol. The summed E-state index contributed by atoms with van der Waals surface area (Å²) in [5.41, 5.74) is 10.8. The van der Waals surface area contributed by atoms with E-state index in [2.05, 4.69) is 13.8 Å². The van der Waals surface area contributed by atoms with E-state index in [4.69, 9.17) is 11.5 Å². The van der Waals surface area contributed by atoms with E-state index in [1.165, 1.54) is 0 Å². The summed E-state index contributed by atoms with van der Waals surface area (Å²) in [6.45, 7) is 4.17. The summed E-state index contributed by atoms with van der Waals surface area (Å²) in [5, 5.41) is -0.615. The molecule has 100 valence electrons. The summed E-state index contributed by atoms with van der Waals surface area (Å²) in [6.07, 6.45) is 2.21. The molecule has 1 aliphatic carbocycles. The molecule has 1 fully saturated rings. The minimum atomic E-state index is -3.50. The maximum absolute atomic E-state index is 12.0. The Morgan fingerprint density at radius 1 is 1.35 bits per heavy atom. The van der Waals surface area contributed by atoms with Gasteiger partial charge in [0.25, 0.3) is 0 Å². The van der Waals surface area contributed by atoms with Crippen LogP contribution >= 0.6 is 0 Å². The van der Waals surface area contributed by atoms with Crippen LogP contribution in [-0.2, 0) is 14.6 Å². The molecule has 1 saturated carbocycles. The van der Waals surface area contributed by atoms with Crippen LogP contribution in [0, 0.1) is 11.8 Å². The summed E-state index contributed by atoms with van der Waals surface area (Å²) in [5.74, 6) is -0.587. The number of nitrogens with two attached hydrogens (primary N) is 2. The molecule has 0 saturated heterocycles. The number of carbonyl (C=O) groups excluding carboxylic acids is 1. The first-order valence-corrected chi connectivity index (χ1v) is 7.71. The second-order valence-electron chi connectivity index (χ2n) is 5.29. The van der Waals surface area contributed by atoms with E-state index >= 15 is 0 Å². The van der Waals surface area contributed by atoms with E-state index in [1.807, 2.05) is 0 Å². The molecule has 0 aromatic rings. The molecule has 0 heterocycles. The van der Waals surface area contributed by atoms with Crippen LogP contribution in [0.25, 0.3) is 0 Å². The fraction of sp³-hybridized carbons (Fsp3) is 0.909. The van der Waals surface area contributed by atoms with Crippen molar-refractivity contribution in [2.24, 2.45) is 23.3 Å². The fourth-order valence-electron chi connectivity index (χ4n) is 2.51. The molecule has 1 amide bonds. The van der Waals surface area contributed by atoms with Crippen molar-refractivity contribution in [3.8, 4) is 0 Å². The number of sulfone groups is 1. The fourth-order valence-corrected chi connectivity index (χ4v) is 4.33. The van der Waals surface area contributed by atoms with E-state index in [0.717, 1.165) is 6.42 Å². The summed E-state index contributed by atoms with van der Waals surface area (Å²) in [7, 11) is -3.50. The zero-order valence-electron chi connectivity index (χ0n) is 10.4. The lowest BCUT2D eigenvalue weighted by Gasteiger charge is -2.35. The zero-order valence-corrected chi connectivity index (χ0v) is 11.2. The maximum Gasteiger partial charge on any atom is 0.232 e. The van der Waals surface area contributed by atoms with Gasteiger partial charge in [-0.15, -0.1) is 0 Å². The molecule has 5 nitrogen and oxygen atoms in total. The topological polar surface area (TPSA) is 103 Å². The average Bonchev–Trinajstić information content (AvgIpc) is 2.15. The van der Waals surface area contributed by atoms with Crippen LogP contribution in [-0.4, -0.2) is 31.4 Å². The van der Waals surface area contributed by atoms with Crippen LogP contribution in [0.4, 0.5) is 0 Å². The number of rotatable bonds is 4. The summed E-state index contributed by atoms with van der Waals surface area (Å²) in [6, 6.07) is -0.366. The van der Waals surface area contributed by atoms with Gasteiger partial charge in [0.1, 0.15) is 5.75 Å². The Balaban J connectivity index is 2.83. The van der Waals surface area contributed by atoms with Gasteiger partial charge < -0.3 is 11.5 Å². The van der Waals surface area contributed by atoms with Crippen molar-refractivity contribution in [2.75, 3.05) is 5.75 Å². The van der Waals surface area contributed by atoms with Gasteiger partial charge in [-0.05, 0) is 31.1 Å². The Morgan fingerprint density at radius 2 is 1.94 bits per heavy atom. The highest BCUT2D eigenvalue weighted by atomic mass is 32.2. The van der Waals surface area contributed by atoms with E-state index in [0.29, 0.717) is 24.7 Å². The third-order valence-electron chi connectivity index (χ3n) is 3.63. The van der Waals surface area contributed by atoms with Gasteiger partial charge in [0.15, 0.2) is 9.84 Å². The van der Waals surface area contributed by atoms with Crippen LogP contribution in [0.1, 0.15) is 33.1 Å². The highest BCUT2D eigenvalue weighted by molar-refractivity contribution is 7.92. The quantitative estimate of drug-likeness (QED) is 0.746. The van der Waals surface area contributed by atoms with Crippen LogP contribution in [0.15, 0.2) is 0 Å². The molecule has 3 atom stereocenters. The number of amides is 1. The molecule has 6 heteroatoms. The number of carbonyl (C=O) groups is 1. The smallest absolute Gasteiger partial charge is 0.232 e. The Hall–Kier alpha value is -0.620. The molecule has 1 aliphatic rings. The van der Waals surface area contributed by atoms with Crippen molar-refractivity contribution < 1.29 is 13.2 Å². The van der Waals surface area contributed by atoms with Crippen LogP contribution in [0.3, 0.4) is 0 Å². The van der Waals surface area contributed by atoms with Gasteiger partial charge >= 0.3 is 0 Å². The van der Waals surface area contributed by atoms with Gasteiger partial charge in [-0.2, -0.15) is 0 Å². The SMILES string of the molecule is CC(C)C1CCC(N)C(S(=O)(=O)CC(N)=O)C1. The molecule has 0 aromatic carbocycles. The summed E-state index contributed by atoms with van der Waals surface area (Å²) < 4.78 is 24.0. The average molecular weight is 262 g/mol. The Kier molecular flexibility index (Phi) is 4.55. The first kappa shape index (κ1) is 14.4. The van der Waals surface area contributed by atoms with Crippen molar-refractivity contribution in [1.82, 2.24) is 0 Å². The highest BCUT2D eigenvalue weighted by Crippen LogP contribution is 2.32. The molecule has 4 N–H and O–H groups in total. The third kappa shape index (κ3) is 3.67. The van der Waals surface area contributed by atoms with Gasteiger partial charge in [-0.3, -0.25) is 4.79 Å². The van der Waals surface area contributed by atoms with E-state index in [-0.39, 0.29) is 6.04 Å². The van der Waals surface area contributed by atoms with Gasteiger partial charge in [0, 0.05) is 6.04 Å². The first-order valence-electron chi connectivity index (χ1n) is 5.99. The lowest BCUT2D eigenvalue weighted by Crippen LogP contribution is -2.48. The molecule has 0 spiro atoms.